The van der Waals surface area contributed by atoms with Crippen LogP contribution in [-0.2, 0) is 14.3 Å². The van der Waals surface area contributed by atoms with E-state index in [1.54, 1.807) is 11.3 Å². The summed E-state index contributed by atoms with van der Waals surface area (Å²) in [7, 11) is 0. The van der Waals surface area contributed by atoms with Crippen LogP contribution >= 0.6 is 11.3 Å². The maximum atomic E-state index is 12.8. The Bertz CT molecular complexity index is 561. The van der Waals surface area contributed by atoms with E-state index in [1.165, 1.54) is 4.88 Å². The molecule has 2 saturated heterocycles. The van der Waals surface area contributed by atoms with Gasteiger partial charge < -0.3 is 9.64 Å². The van der Waals surface area contributed by atoms with Crippen LogP contribution in [0.4, 0.5) is 0 Å². The molecule has 6 heteroatoms. The summed E-state index contributed by atoms with van der Waals surface area (Å²) < 4.78 is 5.14. The molecule has 0 N–H and O–H groups in total. The van der Waals surface area contributed by atoms with Gasteiger partial charge in [0.15, 0.2) is 0 Å². The van der Waals surface area contributed by atoms with Crippen LogP contribution in [0, 0.1) is 5.92 Å². The third-order valence-corrected chi connectivity index (χ3v) is 5.90. The average Bonchev–Trinajstić information content (AvgIpc) is 3.26. The van der Waals surface area contributed by atoms with Crippen molar-refractivity contribution in [1.29, 1.82) is 0 Å². The Morgan fingerprint density at radius 2 is 2.12 bits per heavy atom. The third kappa shape index (κ3) is 3.98. The second kappa shape index (κ2) is 8.12. The van der Waals surface area contributed by atoms with Gasteiger partial charge in [0, 0.05) is 18.0 Å². The Morgan fingerprint density at radius 1 is 1.29 bits per heavy atom. The van der Waals surface area contributed by atoms with E-state index < -0.39 is 0 Å². The molecule has 0 aliphatic carbocycles. The number of piperidine rings is 1. The number of likely N-dealkylation sites (tertiary alicyclic amines) is 2. The first-order valence-corrected chi connectivity index (χ1v) is 9.79. The highest BCUT2D eigenvalue weighted by Crippen LogP contribution is 2.34. The summed E-state index contributed by atoms with van der Waals surface area (Å²) in [4.78, 5) is 30.2. The van der Waals surface area contributed by atoms with E-state index in [1.807, 2.05) is 11.8 Å². The van der Waals surface area contributed by atoms with E-state index in [4.69, 9.17) is 4.74 Å². The van der Waals surface area contributed by atoms with Crippen molar-refractivity contribution in [3.05, 3.63) is 22.4 Å². The molecule has 1 aromatic heterocycles. The Hall–Kier alpha value is -1.40. The van der Waals surface area contributed by atoms with Gasteiger partial charge in [-0.15, -0.1) is 11.3 Å². The van der Waals surface area contributed by atoms with E-state index in [0.717, 1.165) is 38.8 Å². The smallest absolute Gasteiger partial charge is 0.310 e. The topological polar surface area (TPSA) is 49.9 Å². The molecule has 24 heavy (non-hydrogen) atoms. The van der Waals surface area contributed by atoms with Crippen LogP contribution in [-0.4, -0.2) is 54.5 Å². The molecule has 2 aliphatic heterocycles. The monoisotopic (exact) mass is 350 g/mol. The second-order valence-corrected chi connectivity index (χ2v) is 7.57. The summed E-state index contributed by atoms with van der Waals surface area (Å²) >= 11 is 1.73. The van der Waals surface area contributed by atoms with Crippen molar-refractivity contribution < 1.29 is 14.3 Å². The van der Waals surface area contributed by atoms with Gasteiger partial charge in [-0.2, -0.15) is 0 Å². The average molecular weight is 350 g/mol. The lowest BCUT2D eigenvalue weighted by molar-refractivity contribution is -0.150. The summed E-state index contributed by atoms with van der Waals surface area (Å²) in [6, 6.07) is 4.41. The zero-order chi connectivity index (χ0) is 16.9. The van der Waals surface area contributed by atoms with Crippen LogP contribution in [0.5, 0.6) is 0 Å². The number of carbonyl (C=O) groups is 2. The standard InChI is InChI=1S/C18H26N2O3S/c1-2-23-18(22)14-6-3-9-19(12-14)13-17(21)20-10-4-7-15(20)16-8-5-11-24-16/h5,8,11,14-15H,2-4,6-7,9-10,12-13H2,1H3. The molecule has 2 aliphatic rings. The highest BCUT2D eigenvalue weighted by molar-refractivity contribution is 7.10. The van der Waals surface area contributed by atoms with Crippen molar-refractivity contribution in [3.63, 3.8) is 0 Å². The Kier molecular flexibility index (Phi) is 5.89. The molecule has 2 fully saturated rings. The van der Waals surface area contributed by atoms with Gasteiger partial charge in [-0.25, -0.2) is 0 Å². The molecule has 132 valence electrons. The lowest BCUT2D eigenvalue weighted by Gasteiger charge is -2.33. The molecule has 1 aromatic rings. The Balaban J connectivity index is 1.57. The van der Waals surface area contributed by atoms with Crippen molar-refractivity contribution in [2.75, 3.05) is 32.8 Å². The fourth-order valence-corrected chi connectivity index (χ4v) is 4.65. The van der Waals surface area contributed by atoms with Crippen LogP contribution in [0.1, 0.15) is 43.5 Å². The summed E-state index contributed by atoms with van der Waals surface area (Å²) in [5.41, 5.74) is 0. The second-order valence-electron chi connectivity index (χ2n) is 6.59. The molecule has 0 saturated carbocycles. The number of carbonyl (C=O) groups excluding carboxylic acids is 2. The zero-order valence-corrected chi connectivity index (χ0v) is 15.1. The van der Waals surface area contributed by atoms with Crippen molar-refractivity contribution in [2.45, 2.75) is 38.6 Å². The minimum absolute atomic E-state index is 0.0850. The largest absolute Gasteiger partial charge is 0.466 e. The highest BCUT2D eigenvalue weighted by atomic mass is 32.1. The van der Waals surface area contributed by atoms with E-state index >= 15 is 0 Å². The van der Waals surface area contributed by atoms with Crippen LogP contribution < -0.4 is 0 Å². The molecule has 3 heterocycles. The first-order valence-electron chi connectivity index (χ1n) is 8.91. The minimum Gasteiger partial charge on any atom is -0.466 e. The van der Waals surface area contributed by atoms with Gasteiger partial charge in [0.05, 0.1) is 25.1 Å². The maximum absolute atomic E-state index is 12.8. The van der Waals surface area contributed by atoms with Gasteiger partial charge >= 0.3 is 5.97 Å². The molecular formula is C18H26N2O3S. The fourth-order valence-electron chi connectivity index (χ4n) is 3.78. The fraction of sp³-hybridized carbons (Fsp3) is 0.667. The molecule has 0 radical (unpaired) electrons. The minimum atomic E-state index is -0.118. The zero-order valence-electron chi connectivity index (χ0n) is 14.3. The maximum Gasteiger partial charge on any atom is 0.310 e. The summed E-state index contributed by atoms with van der Waals surface area (Å²) in [6.45, 7) is 5.04. The SMILES string of the molecule is CCOC(=O)C1CCCN(CC(=O)N2CCCC2c2cccs2)C1. The number of hydrogen-bond donors (Lipinski definition) is 0. The van der Waals surface area contributed by atoms with Crippen molar-refractivity contribution >= 4 is 23.2 Å². The van der Waals surface area contributed by atoms with Crippen molar-refractivity contribution in [3.8, 4) is 0 Å². The van der Waals surface area contributed by atoms with Gasteiger partial charge in [0.25, 0.3) is 0 Å². The van der Waals surface area contributed by atoms with Gasteiger partial charge in [-0.1, -0.05) is 6.07 Å². The Morgan fingerprint density at radius 3 is 2.88 bits per heavy atom. The molecule has 3 rings (SSSR count). The quantitative estimate of drug-likeness (QED) is 0.766. The lowest BCUT2D eigenvalue weighted by atomic mass is 9.98. The highest BCUT2D eigenvalue weighted by Gasteiger charge is 2.33. The van der Waals surface area contributed by atoms with Gasteiger partial charge in [-0.3, -0.25) is 14.5 Å². The lowest BCUT2D eigenvalue weighted by Crippen LogP contribution is -2.45. The van der Waals surface area contributed by atoms with Gasteiger partial charge in [-0.05, 0) is 50.6 Å². The van der Waals surface area contributed by atoms with Gasteiger partial charge in [0.1, 0.15) is 0 Å². The number of ether oxygens (including phenoxy) is 1. The van der Waals surface area contributed by atoms with Crippen LogP contribution in [0.3, 0.4) is 0 Å². The van der Waals surface area contributed by atoms with Gasteiger partial charge in [0.2, 0.25) is 5.91 Å². The Labute approximate surface area is 147 Å². The molecule has 0 spiro atoms. The molecule has 1 amide bonds. The third-order valence-electron chi connectivity index (χ3n) is 4.93. The van der Waals surface area contributed by atoms with E-state index in [2.05, 4.69) is 22.4 Å². The normalized spacial score (nSPS) is 25.0. The van der Waals surface area contributed by atoms with Crippen LogP contribution in [0.25, 0.3) is 0 Å². The number of hydrogen-bond acceptors (Lipinski definition) is 5. The predicted octanol–water partition coefficient (Wildman–Crippen LogP) is 2.69. The molecule has 2 unspecified atom stereocenters. The first-order chi connectivity index (χ1) is 11.7. The van der Waals surface area contributed by atoms with Crippen molar-refractivity contribution in [1.82, 2.24) is 9.80 Å². The first kappa shape index (κ1) is 17.4. The van der Waals surface area contributed by atoms with Crippen LogP contribution in [0.2, 0.25) is 0 Å². The summed E-state index contributed by atoms with van der Waals surface area (Å²) in [5.74, 6) is -0.0131. The molecular weight excluding hydrogens is 324 g/mol. The summed E-state index contributed by atoms with van der Waals surface area (Å²) in [5, 5.41) is 2.07. The molecule has 2 atom stereocenters. The van der Waals surface area contributed by atoms with Crippen LogP contribution in [0.15, 0.2) is 17.5 Å². The molecule has 0 aromatic carbocycles. The summed E-state index contributed by atoms with van der Waals surface area (Å²) in [6.07, 6.45) is 3.94. The molecule has 5 nitrogen and oxygen atoms in total. The van der Waals surface area contributed by atoms with E-state index in [9.17, 15) is 9.59 Å². The number of nitrogens with zero attached hydrogens (tertiary/aromatic N) is 2. The number of thiophene rings is 1. The van der Waals surface area contributed by atoms with E-state index in [-0.39, 0.29) is 23.8 Å². The number of amides is 1. The predicted molar refractivity (Wildman–Crippen MR) is 93.8 cm³/mol. The van der Waals surface area contributed by atoms with Crippen molar-refractivity contribution in [2.24, 2.45) is 5.92 Å². The number of esters is 1. The molecule has 0 bridgehead atoms. The van der Waals surface area contributed by atoms with E-state index in [0.29, 0.717) is 19.7 Å². The number of rotatable bonds is 5.